The number of piperidine rings is 1. The number of hydrogen-bond donors (Lipinski definition) is 2. The SMILES string of the molecule is C[C@H](Nc1cc(C(N)=O)ccn1)C(=O)N1CCCC[C@H]1C. The molecule has 1 fully saturated rings. The Morgan fingerprint density at radius 2 is 2.24 bits per heavy atom. The first-order valence-corrected chi connectivity index (χ1v) is 7.32. The number of carbonyl (C=O) groups is 2. The second-order valence-corrected chi connectivity index (χ2v) is 5.54. The number of pyridine rings is 1. The van der Waals surface area contributed by atoms with Crippen molar-refractivity contribution in [3.8, 4) is 0 Å². The lowest BCUT2D eigenvalue weighted by atomic mass is 10.0. The molecule has 1 saturated heterocycles. The highest BCUT2D eigenvalue weighted by Gasteiger charge is 2.27. The van der Waals surface area contributed by atoms with Crippen LogP contribution in [-0.2, 0) is 4.79 Å². The molecular formula is C15H22N4O2. The summed E-state index contributed by atoms with van der Waals surface area (Å²) in [4.78, 5) is 29.7. The van der Waals surface area contributed by atoms with E-state index in [-0.39, 0.29) is 18.0 Å². The molecule has 0 radical (unpaired) electrons. The predicted molar refractivity (Wildman–Crippen MR) is 80.9 cm³/mol. The average Bonchev–Trinajstić information content (AvgIpc) is 2.47. The number of aromatic nitrogens is 1. The van der Waals surface area contributed by atoms with Crippen LogP contribution in [-0.4, -0.2) is 40.3 Å². The molecule has 2 heterocycles. The summed E-state index contributed by atoms with van der Waals surface area (Å²) in [5.41, 5.74) is 5.61. The minimum atomic E-state index is -0.510. The summed E-state index contributed by atoms with van der Waals surface area (Å²) < 4.78 is 0. The molecule has 6 nitrogen and oxygen atoms in total. The molecule has 1 aliphatic heterocycles. The molecule has 114 valence electrons. The maximum atomic E-state index is 12.5. The molecule has 0 bridgehead atoms. The molecule has 1 aromatic rings. The molecule has 2 rings (SSSR count). The Labute approximate surface area is 124 Å². The van der Waals surface area contributed by atoms with Crippen molar-refractivity contribution < 1.29 is 9.59 Å². The molecule has 2 atom stereocenters. The standard InChI is InChI=1S/C15H22N4O2/c1-10-5-3-4-8-19(10)15(21)11(2)18-13-9-12(14(16)20)6-7-17-13/h6-7,9-11H,3-5,8H2,1-2H3,(H2,16,20)(H,17,18)/t10-,11+/m1/s1. The second kappa shape index (κ2) is 6.56. The van der Waals surface area contributed by atoms with Crippen molar-refractivity contribution in [2.75, 3.05) is 11.9 Å². The number of amides is 2. The van der Waals surface area contributed by atoms with Gasteiger partial charge < -0.3 is 16.0 Å². The molecule has 21 heavy (non-hydrogen) atoms. The van der Waals surface area contributed by atoms with Crippen LogP contribution in [0.4, 0.5) is 5.82 Å². The number of nitrogens with one attached hydrogen (secondary N) is 1. The van der Waals surface area contributed by atoms with E-state index >= 15 is 0 Å². The van der Waals surface area contributed by atoms with E-state index in [0.717, 1.165) is 19.4 Å². The topological polar surface area (TPSA) is 88.3 Å². The van der Waals surface area contributed by atoms with E-state index < -0.39 is 5.91 Å². The van der Waals surface area contributed by atoms with Gasteiger partial charge in [-0.15, -0.1) is 0 Å². The first kappa shape index (κ1) is 15.3. The molecule has 0 aromatic carbocycles. The lowest BCUT2D eigenvalue weighted by Crippen LogP contribution is -2.48. The maximum Gasteiger partial charge on any atom is 0.248 e. The van der Waals surface area contributed by atoms with Crippen molar-refractivity contribution in [3.05, 3.63) is 23.9 Å². The van der Waals surface area contributed by atoms with Crippen LogP contribution < -0.4 is 11.1 Å². The largest absolute Gasteiger partial charge is 0.366 e. The van der Waals surface area contributed by atoms with Gasteiger partial charge in [-0.1, -0.05) is 0 Å². The fourth-order valence-electron chi connectivity index (χ4n) is 2.62. The van der Waals surface area contributed by atoms with Gasteiger partial charge >= 0.3 is 0 Å². The van der Waals surface area contributed by atoms with Gasteiger partial charge in [0.25, 0.3) is 0 Å². The van der Waals surface area contributed by atoms with Gasteiger partial charge in [0.1, 0.15) is 11.9 Å². The molecule has 0 unspecified atom stereocenters. The van der Waals surface area contributed by atoms with E-state index in [1.165, 1.54) is 12.6 Å². The molecule has 0 spiro atoms. The van der Waals surface area contributed by atoms with Crippen molar-refractivity contribution in [1.82, 2.24) is 9.88 Å². The number of rotatable bonds is 4. The monoisotopic (exact) mass is 290 g/mol. The highest BCUT2D eigenvalue weighted by atomic mass is 16.2. The Kier molecular flexibility index (Phi) is 4.77. The predicted octanol–water partition coefficient (Wildman–Crippen LogP) is 1.38. The van der Waals surface area contributed by atoms with Gasteiger partial charge in [-0.25, -0.2) is 4.98 Å². The minimum absolute atomic E-state index is 0.0634. The smallest absolute Gasteiger partial charge is 0.248 e. The third kappa shape index (κ3) is 3.71. The third-order valence-electron chi connectivity index (χ3n) is 3.87. The Bertz CT molecular complexity index is 532. The van der Waals surface area contributed by atoms with Gasteiger partial charge in [0.2, 0.25) is 11.8 Å². The Morgan fingerprint density at radius 3 is 2.90 bits per heavy atom. The fourth-order valence-corrected chi connectivity index (χ4v) is 2.62. The first-order valence-electron chi connectivity index (χ1n) is 7.32. The van der Waals surface area contributed by atoms with Crippen LogP contribution in [0.15, 0.2) is 18.3 Å². The number of anilines is 1. The molecule has 2 amide bonds. The summed E-state index contributed by atoms with van der Waals surface area (Å²) in [7, 11) is 0. The lowest BCUT2D eigenvalue weighted by Gasteiger charge is -2.35. The Morgan fingerprint density at radius 1 is 1.48 bits per heavy atom. The van der Waals surface area contributed by atoms with Crippen molar-refractivity contribution in [2.24, 2.45) is 5.73 Å². The van der Waals surface area contributed by atoms with Crippen LogP contribution in [0.2, 0.25) is 0 Å². The van der Waals surface area contributed by atoms with E-state index in [0.29, 0.717) is 11.4 Å². The third-order valence-corrected chi connectivity index (χ3v) is 3.87. The van der Waals surface area contributed by atoms with E-state index in [1.54, 1.807) is 12.1 Å². The first-order chi connectivity index (χ1) is 9.99. The zero-order valence-electron chi connectivity index (χ0n) is 12.5. The van der Waals surface area contributed by atoms with Crippen molar-refractivity contribution >= 4 is 17.6 Å². The molecule has 3 N–H and O–H groups in total. The number of hydrogen-bond acceptors (Lipinski definition) is 4. The van der Waals surface area contributed by atoms with Crippen LogP contribution in [0.1, 0.15) is 43.5 Å². The summed E-state index contributed by atoms with van der Waals surface area (Å²) in [6.07, 6.45) is 4.78. The maximum absolute atomic E-state index is 12.5. The van der Waals surface area contributed by atoms with Crippen LogP contribution in [0, 0.1) is 0 Å². The molecular weight excluding hydrogens is 268 g/mol. The van der Waals surface area contributed by atoms with Crippen LogP contribution in [0.5, 0.6) is 0 Å². The van der Waals surface area contributed by atoms with E-state index in [1.807, 2.05) is 11.8 Å². The van der Waals surface area contributed by atoms with Crippen LogP contribution in [0.3, 0.4) is 0 Å². The van der Waals surface area contributed by atoms with Crippen molar-refractivity contribution in [2.45, 2.75) is 45.2 Å². The Hall–Kier alpha value is -2.11. The normalized spacial score (nSPS) is 19.9. The number of nitrogens with zero attached hydrogens (tertiary/aromatic N) is 2. The quantitative estimate of drug-likeness (QED) is 0.877. The molecule has 1 aromatic heterocycles. The fraction of sp³-hybridized carbons (Fsp3) is 0.533. The zero-order chi connectivity index (χ0) is 15.4. The zero-order valence-corrected chi connectivity index (χ0v) is 12.5. The molecule has 6 heteroatoms. The lowest BCUT2D eigenvalue weighted by molar-refractivity contribution is -0.134. The van der Waals surface area contributed by atoms with E-state index in [4.69, 9.17) is 5.73 Å². The highest BCUT2D eigenvalue weighted by Crippen LogP contribution is 2.18. The van der Waals surface area contributed by atoms with Crippen LogP contribution in [0.25, 0.3) is 0 Å². The average molecular weight is 290 g/mol. The van der Waals surface area contributed by atoms with Crippen molar-refractivity contribution in [1.29, 1.82) is 0 Å². The minimum Gasteiger partial charge on any atom is -0.366 e. The molecule has 0 aliphatic carbocycles. The van der Waals surface area contributed by atoms with Gasteiger partial charge in [-0.2, -0.15) is 0 Å². The number of nitrogens with two attached hydrogens (primary N) is 1. The van der Waals surface area contributed by atoms with E-state index in [9.17, 15) is 9.59 Å². The van der Waals surface area contributed by atoms with Gasteiger partial charge in [0.05, 0.1) is 0 Å². The van der Waals surface area contributed by atoms with Crippen LogP contribution >= 0.6 is 0 Å². The number of carbonyl (C=O) groups excluding carboxylic acids is 2. The van der Waals surface area contributed by atoms with E-state index in [2.05, 4.69) is 17.2 Å². The van der Waals surface area contributed by atoms with Gasteiger partial charge in [-0.05, 0) is 45.2 Å². The van der Waals surface area contributed by atoms with Crippen molar-refractivity contribution in [3.63, 3.8) is 0 Å². The highest BCUT2D eigenvalue weighted by molar-refractivity contribution is 5.93. The summed E-state index contributed by atoms with van der Waals surface area (Å²) in [6, 6.07) is 3.00. The van der Waals surface area contributed by atoms with Gasteiger partial charge in [0.15, 0.2) is 0 Å². The molecule has 1 aliphatic rings. The summed E-state index contributed by atoms with van der Waals surface area (Å²) in [5.74, 6) is 0.0365. The number of primary amides is 1. The summed E-state index contributed by atoms with van der Waals surface area (Å²) >= 11 is 0. The Balaban J connectivity index is 2.03. The molecule has 0 saturated carbocycles. The summed E-state index contributed by atoms with van der Waals surface area (Å²) in [5, 5.41) is 3.04. The number of likely N-dealkylation sites (tertiary alicyclic amines) is 1. The second-order valence-electron chi connectivity index (χ2n) is 5.54. The summed E-state index contributed by atoms with van der Waals surface area (Å²) in [6.45, 7) is 4.69. The van der Waals surface area contributed by atoms with Gasteiger partial charge in [0, 0.05) is 24.3 Å². The van der Waals surface area contributed by atoms with Gasteiger partial charge in [-0.3, -0.25) is 9.59 Å².